The van der Waals surface area contributed by atoms with Gasteiger partial charge in [-0.3, -0.25) is 14.5 Å². The third-order valence-electron chi connectivity index (χ3n) is 5.01. The Kier molecular flexibility index (Phi) is 6.93. The van der Waals surface area contributed by atoms with Crippen LogP contribution in [0.5, 0.6) is 5.75 Å². The van der Waals surface area contributed by atoms with E-state index in [1.807, 2.05) is 12.1 Å². The predicted octanol–water partition coefficient (Wildman–Crippen LogP) is 1.53. The number of ether oxygens (including phenoxy) is 2. The van der Waals surface area contributed by atoms with Crippen LogP contribution in [0.4, 0.5) is 0 Å². The number of benzene rings is 1. The molecule has 8 heteroatoms. The van der Waals surface area contributed by atoms with E-state index < -0.39 is 11.9 Å². The molecule has 148 valence electrons. The molecule has 2 aliphatic heterocycles. The molecule has 2 heterocycles. The first-order valence-electron chi connectivity index (χ1n) is 9.25. The minimum absolute atomic E-state index is 0.0772. The normalized spacial score (nSPS) is 20.9. The van der Waals surface area contributed by atoms with Crippen molar-refractivity contribution in [3.05, 3.63) is 28.8 Å². The van der Waals surface area contributed by atoms with E-state index in [2.05, 4.69) is 4.90 Å². The average molecular weight is 397 g/mol. The summed E-state index contributed by atoms with van der Waals surface area (Å²) in [4.78, 5) is 27.0. The summed E-state index contributed by atoms with van der Waals surface area (Å²) >= 11 is 6.13. The van der Waals surface area contributed by atoms with Gasteiger partial charge in [-0.25, -0.2) is 0 Å². The van der Waals surface area contributed by atoms with Gasteiger partial charge in [0.05, 0.1) is 19.1 Å². The maximum Gasteiger partial charge on any atom is 0.308 e. The van der Waals surface area contributed by atoms with Crippen molar-refractivity contribution in [1.82, 2.24) is 9.80 Å². The second-order valence-electron chi connectivity index (χ2n) is 6.88. The van der Waals surface area contributed by atoms with Gasteiger partial charge in [-0.05, 0) is 30.2 Å². The van der Waals surface area contributed by atoms with Crippen molar-refractivity contribution in [2.24, 2.45) is 5.92 Å². The Hall–Kier alpha value is -1.83. The van der Waals surface area contributed by atoms with E-state index >= 15 is 0 Å². The predicted molar refractivity (Wildman–Crippen MR) is 100 cm³/mol. The highest BCUT2D eigenvalue weighted by molar-refractivity contribution is 6.30. The number of halogens is 1. The lowest BCUT2D eigenvalue weighted by atomic mass is 10.1. The highest BCUT2D eigenvalue weighted by Crippen LogP contribution is 2.25. The number of nitrogens with zero attached hydrogens (tertiary/aromatic N) is 2. The van der Waals surface area contributed by atoms with Gasteiger partial charge in [0, 0.05) is 44.2 Å². The molecule has 3 rings (SSSR count). The first-order valence-corrected chi connectivity index (χ1v) is 9.62. The number of rotatable bonds is 8. The largest absolute Gasteiger partial charge is 0.492 e. The lowest BCUT2D eigenvalue weighted by Gasteiger charge is -2.26. The molecule has 2 fully saturated rings. The molecule has 1 aromatic carbocycles. The molecule has 1 atom stereocenters. The first kappa shape index (κ1) is 19.9. The van der Waals surface area contributed by atoms with Crippen molar-refractivity contribution in [3.8, 4) is 5.75 Å². The summed E-state index contributed by atoms with van der Waals surface area (Å²) in [5.41, 5.74) is 0.927. The number of carbonyl (C=O) groups is 2. The number of amides is 1. The summed E-state index contributed by atoms with van der Waals surface area (Å²) in [5.74, 6) is -0.879. The van der Waals surface area contributed by atoms with Crippen molar-refractivity contribution >= 4 is 23.5 Å². The molecule has 1 unspecified atom stereocenters. The molecule has 0 bridgehead atoms. The van der Waals surface area contributed by atoms with Gasteiger partial charge in [-0.1, -0.05) is 11.6 Å². The van der Waals surface area contributed by atoms with E-state index in [-0.39, 0.29) is 18.9 Å². The van der Waals surface area contributed by atoms with Gasteiger partial charge >= 0.3 is 5.97 Å². The summed E-state index contributed by atoms with van der Waals surface area (Å²) in [6, 6.07) is 5.49. The zero-order valence-electron chi connectivity index (χ0n) is 15.2. The molecule has 7 nitrogen and oxygen atoms in total. The van der Waals surface area contributed by atoms with Crippen LogP contribution in [0.1, 0.15) is 12.0 Å². The molecule has 0 aliphatic carbocycles. The van der Waals surface area contributed by atoms with Crippen LogP contribution < -0.4 is 4.74 Å². The fourth-order valence-corrected chi connectivity index (χ4v) is 3.60. The van der Waals surface area contributed by atoms with Crippen LogP contribution in [0.25, 0.3) is 0 Å². The quantitative estimate of drug-likeness (QED) is 0.717. The molecule has 1 aromatic rings. The topological polar surface area (TPSA) is 79.3 Å². The number of carboxylic acids is 1. The number of aliphatic carboxylic acids is 1. The van der Waals surface area contributed by atoms with Gasteiger partial charge in [-0.15, -0.1) is 0 Å². The number of likely N-dealkylation sites (tertiary alicyclic amines) is 1. The monoisotopic (exact) mass is 396 g/mol. The molecular formula is C19H25ClN2O5. The molecule has 1 amide bonds. The Balaban J connectivity index is 1.54. The summed E-state index contributed by atoms with van der Waals surface area (Å²) in [6.07, 6.45) is 0.652. The standard InChI is InChI=1S/C19H25ClN2O5/c20-16-1-2-17(27-10-7-21-5-8-26-9-6-21)14(11-16)3-4-22-13-15(19(24)25)12-18(22)23/h1-2,11,15H,3-10,12-13H2,(H,24,25). The van der Waals surface area contributed by atoms with Crippen molar-refractivity contribution < 1.29 is 24.2 Å². The number of carbonyl (C=O) groups excluding carboxylic acids is 1. The fraction of sp³-hybridized carbons (Fsp3) is 0.579. The van der Waals surface area contributed by atoms with Crippen LogP contribution in [0.2, 0.25) is 5.02 Å². The lowest BCUT2D eigenvalue weighted by molar-refractivity contribution is -0.141. The molecule has 0 spiro atoms. The van der Waals surface area contributed by atoms with Crippen molar-refractivity contribution in [2.75, 3.05) is 52.5 Å². The van der Waals surface area contributed by atoms with Crippen LogP contribution in [0.15, 0.2) is 18.2 Å². The summed E-state index contributed by atoms with van der Waals surface area (Å²) in [6.45, 7) is 5.47. The average Bonchev–Trinajstić information content (AvgIpc) is 3.03. The summed E-state index contributed by atoms with van der Waals surface area (Å²) in [5, 5.41) is 9.70. The Bertz CT molecular complexity index is 678. The van der Waals surface area contributed by atoms with Crippen molar-refractivity contribution in [1.29, 1.82) is 0 Å². The van der Waals surface area contributed by atoms with Crippen molar-refractivity contribution in [3.63, 3.8) is 0 Å². The SMILES string of the molecule is O=C(O)C1CC(=O)N(CCc2cc(Cl)ccc2OCCN2CCOCC2)C1. The minimum atomic E-state index is -0.916. The Morgan fingerprint density at radius 1 is 1.30 bits per heavy atom. The van der Waals surface area contributed by atoms with Gasteiger partial charge in [-0.2, -0.15) is 0 Å². The van der Waals surface area contributed by atoms with Crippen LogP contribution in [-0.4, -0.2) is 79.3 Å². The van der Waals surface area contributed by atoms with Gasteiger partial charge < -0.3 is 19.5 Å². The number of carboxylic acid groups (broad SMARTS) is 1. The van der Waals surface area contributed by atoms with Gasteiger partial charge in [0.25, 0.3) is 0 Å². The summed E-state index contributed by atoms with van der Waals surface area (Å²) in [7, 11) is 0. The van der Waals surface area contributed by atoms with Gasteiger partial charge in [0.1, 0.15) is 12.4 Å². The molecule has 0 radical (unpaired) electrons. The zero-order chi connectivity index (χ0) is 19.2. The van der Waals surface area contributed by atoms with Gasteiger partial charge in [0.15, 0.2) is 0 Å². The maximum absolute atomic E-state index is 12.0. The molecule has 1 N–H and O–H groups in total. The molecule has 2 aliphatic rings. The highest BCUT2D eigenvalue weighted by Gasteiger charge is 2.33. The second kappa shape index (κ2) is 9.39. The Labute approximate surface area is 163 Å². The third-order valence-corrected chi connectivity index (χ3v) is 5.24. The number of hydrogen-bond acceptors (Lipinski definition) is 5. The fourth-order valence-electron chi connectivity index (χ4n) is 3.40. The van der Waals surface area contributed by atoms with E-state index in [1.165, 1.54) is 0 Å². The van der Waals surface area contributed by atoms with E-state index in [9.17, 15) is 9.59 Å². The molecule has 2 saturated heterocycles. The molecule has 0 saturated carbocycles. The van der Waals surface area contributed by atoms with E-state index in [0.29, 0.717) is 24.6 Å². The Morgan fingerprint density at radius 3 is 2.78 bits per heavy atom. The molecule has 27 heavy (non-hydrogen) atoms. The van der Waals surface area contributed by atoms with Crippen LogP contribution in [-0.2, 0) is 20.7 Å². The number of morpholine rings is 1. The second-order valence-corrected chi connectivity index (χ2v) is 7.32. The van der Waals surface area contributed by atoms with E-state index in [0.717, 1.165) is 44.2 Å². The van der Waals surface area contributed by atoms with Crippen LogP contribution in [0, 0.1) is 5.92 Å². The minimum Gasteiger partial charge on any atom is -0.492 e. The lowest BCUT2D eigenvalue weighted by Crippen LogP contribution is -2.38. The first-order chi connectivity index (χ1) is 13.0. The zero-order valence-corrected chi connectivity index (χ0v) is 16.0. The molecular weight excluding hydrogens is 372 g/mol. The smallest absolute Gasteiger partial charge is 0.308 e. The third kappa shape index (κ3) is 5.57. The summed E-state index contributed by atoms with van der Waals surface area (Å²) < 4.78 is 11.3. The molecule has 0 aromatic heterocycles. The van der Waals surface area contributed by atoms with E-state index in [4.69, 9.17) is 26.2 Å². The highest BCUT2D eigenvalue weighted by atomic mass is 35.5. The van der Waals surface area contributed by atoms with Crippen LogP contribution in [0.3, 0.4) is 0 Å². The van der Waals surface area contributed by atoms with Crippen molar-refractivity contribution in [2.45, 2.75) is 12.8 Å². The van der Waals surface area contributed by atoms with Crippen LogP contribution >= 0.6 is 11.6 Å². The maximum atomic E-state index is 12.0. The number of hydrogen-bond donors (Lipinski definition) is 1. The van der Waals surface area contributed by atoms with E-state index in [1.54, 1.807) is 11.0 Å². The van der Waals surface area contributed by atoms with Gasteiger partial charge in [0.2, 0.25) is 5.91 Å². The Morgan fingerprint density at radius 2 is 2.07 bits per heavy atom.